The minimum Gasteiger partial charge on any atom is -0.396 e. The van der Waals surface area contributed by atoms with Crippen LogP contribution >= 0.6 is 22.9 Å². The zero-order valence-electron chi connectivity index (χ0n) is 9.25. The Hall–Kier alpha value is -1.85. The van der Waals surface area contributed by atoms with Gasteiger partial charge in [-0.3, -0.25) is 0 Å². The molecule has 0 aliphatic carbocycles. The van der Waals surface area contributed by atoms with E-state index in [1.165, 1.54) is 11.3 Å². The number of anilines is 1. The van der Waals surface area contributed by atoms with Crippen LogP contribution in [0.15, 0.2) is 42.0 Å². The molecular weight excluding hydrogens is 268 g/mol. The number of thiophene rings is 1. The van der Waals surface area contributed by atoms with E-state index >= 15 is 0 Å². The summed E-state index contributed by atoms with van der Waals surface area (Å²) in [7, 11) is 0. The van der Waals surface area contributed by atoms with Crippen molar-refractivity contribution in [1.82, 2.24) is 14.8 Å². The largest absolute Gasteiger partial charge is 0.396 e. The van der Waals surface area contributed by atoms with Gasteiger partial charge < -0.3 is 5.73 Å². The van der Waals surface area contributed by atoms with E-state index in [4.69, 9.17) is 17.3 Å². The SMILES string of the molecule is Nc1cn(-c2ccccn2)nc1-c1csc(Cl)c1. The van der Waals surface area contributed by atoms with Crippen molar-refractivity contribution in [3.8, 4) is 17.1 Å². The van der Waals surface area contributed by atoms with Crippen molar-refractivity contribution < 1.29 is 0 Å². The molecule has 3 rings (SSSR count). The highest BCUT2D eigenvalue weighted by molar-refractivity contribution is 7.14. The predicted octanol–water partition coefficient (Wildman–Crippen LogP) is 3.23. The zero-order chi connectivity index (χ0) is 12.5. The van der Waals surface area contributed by atoms with Crippen LogP contribution in [-0.4, -0.2) is 14.8 Å². The molecule has 3 aromatic heterocycles. The lowest BCUT2D eigenvalue weighted by Gasteiger charge is -1.97. The quantitative estimate of drug-likeness (QED) is 0.782. The summed E-state index contributed by atoms with van der Waals surface area (Å²) >= 11 is 7.38. The minimum atomic E-state index is 0.607. The maximum Gasteiger partial charge on any atom is 0.153 e. The first-order valence-corrected chi connectivity index (χ1v) is 6.51. The molecule has 18 heavy (non-hydrogen) atoms. The van der Waals surface area contributed by atoms with Crippen LogP contribution in [0.1, 0.15) is 0 Å². The predicted molar refractivity (Wildman–Crippen MR) is 74.1 cm³/mol. The van der Waals surface area contributed by atoms with Gasteiger partial charge in [0, 0.05) is 17.1 Å². The van der Waals surface area contributed by atoms with Crippen molar-refractivity contribution in [3.05, 3.63) is 46.4 Å². The Bertz CT molecular complexity index is 674. The molecule has 4 nitrogen and oxygen atoms in total. The summed E-state index contributed by atoms with van der Waals surface area (Å²) in [4.78, 5) is 4.22. The van der Waals surface area contributed by atoms with Gasteiger partial charge in [-0.1, -0.05) is 17.7 Å². The molecule has 0 aliphatic heterocycles. The van der Waals surface area contributed by atoms with Crippen LogP contribution in [0.4, 0.5) is 5.69 Å². The van der Waals surface area contributed by atoms with Crippen LogP contribution in [-0.2, 0) is 0 Å². The van der Waals surface area contributed by atoms with E-state index in [9.17, 15) is 0 Å². The number of rotatable bonds is 2. The number of nitrogens with two attached hydrogens (primary N) is 1. The van der Waals surface area contributed by atoms with Crippen LogP contribution in [0.2, 0.25) is 4.34 Å². The Kier molecular flexibility index (Phi) is 2.77. The molecule has 0 aromatic carbocycles. The Labute approximate surface area is 113 Å². The topological polar surface area (TPSA) is 56.7 Å². The van der Waals surface area contributed by atoms with Crippen LogP contribution < -0.4 is 5.73 Å². The molecule has 0 bridgehead atoms. The van der Waals surface area contributed by atoms with Gasteiger partial charge in [0.15, 0.2) is 5.82 Å². The number of hydrogen-bond donors (Lipinski definition) is 1. The normalized spacial score (nSPS) is 10.7. The second-order valence-electron chi connectivity index (χ2n) is 3.71. The highest BCUT2D eigenvalue weighted by atomic mass is 35.5. The van der Waals surface area contributed by atoms with Crippen molar-refractivity contribution in [2.45, 2.75) is 0 Å². The first-order chi connectivity index (χ1) is 8.74. The molecule has 0 fully saturated rings. The first kappa shape index (κ1) is 11.3. The van der Waals surface area contributed by atoms with Crippen molar-refractivity contribution in [2.24, 2.45) is 0 Å². The van der Waals surface area contributed by atoms with Gasteiger partial charge in [0.25, 0.3) is 0 Å². The number of nitrogen functional groups attached to an aromatic ring is 1. The van der Waals surface area contributed by atoms with Crippen LogP contribution in [0, 0.1) is 0 Å². The summed E-state index contributed by atoms with van der Waals surface area (Å²) < 4.78 is 2.38. The third kappa shape index (κ3) is 1.98. The molecule has 0 unspecified atom stereocenters. The summed E-state index contributed by atoms with van der Waals surface area (Å²) in [6, 6.07) is 7.49. The fraction of sp³-hybridized carbons (Fsp3) is 0. The highest BCUT2D eigenvalue weighted by Gasteiger charge is 2.11. The van der Waals surface area contributed by atoms with E-state index in [0.717, 1.165) is 21.4 Å². The average molecular weight is 277 g/mol. The number of halogens is 1. The van der Waals surface area contributed by atoms with E-state index in [1.54, 1.807) is 17.1 Å². The Morgan fingerprint density at radius 2 is 2.22 bits per heavy atom. The number of aromatic nitrogens is 3. The Balaban J connectivity index is 2.06. The summed E-state index contributed by atoms with van der Waals surface area (Å²) in [6.45, 7) is 0. The molecule has 2 N–H and O–H groups in total. The lowest BCUT2D eigenvalue weighted by molar-refractivity contribution is 0.850. The van der Waals surface area contributed by atoms with Crippen LogP contribution in [0.25, 0.3) is 17.1 Å². The maximum atomic E-state index is 5.97. The van der Waals surface area contributed by atoms with E-state index in [1.807, 2.05) is 29.6 Å². The van der Waals surface area contributed by atoms with Crippen molar-refractivity contribution in [1.29, 1.82) is 0 Å². The van der Waals surface area contributed by atoms with E-state index < -0.39 is 0 Å². The molecular formula is C12H9ClN4S. The lowest BCUT2D eigenvalue weighted by Crippen LogP contribution is -1.96. The minimum absolute atomic E-state index is 0.607. The second kappa shape index (κ2) is 4.44. The highest BCUT2D eigenvalue weighted by Crippen LogP contribution is 2.31. The van der Waals surface area contributed by atoms with Gasteiger partial charge in [-0.2, -0.15) is 5.10 Å². The third-order valence-electron chi connectivity index (χ3n) is 2.47. The van der Waals surface area contributed by atoms with Crippen molar-refractivity contribution in [3.63, 3.8) is 0 Å². The van der Waals surface area contributed by atoms with Crippen molar-refractivity contribution in [2.75, 3.05) is 5.73 Å². The molecule has 0 spiro atoms. The van der Waals surface area contributed by atoms with Gasteiger partial charge in [-0.05, 0) is 18.2 Å². The fourth-order valence-corrected chi connectivity index (χ4v) is 2.52. The fourth-order valence-electron chi connectivity index (χ4n) is 1.65. The molecule has 0 radical (unpaired) electrons. The number of hydrogen-bond acceptors (Lipinski definition) is 4. The molecule has 6 heteroatoms. The molecule has 3 heterocycles. The number of nitrogens with zero attached hydrogens (tertiary/aromatic N) is 3. The lowest BCUT2D eigenvalue weighted by atomic mass is 10.2. The monoisotopic (exact) mass is 276 g/mol. The summed E-state index contributed by atoms with van der Waals surface area (Å²) in [5.41, 5.74) is 8.23. The third-order valence-corrected chi connectivity index (χ3v) is 3.56. The van der Waals surface area contributed by atoms with Gasteiger partial charge in [-0.15, -0.1) is 11.3 Å². The summed E-state index contributed by atoms with van der Waals surface area (Å²) in [5.74, 6) is 0.733. The molecule has 90 valence electrons. The van der Waals surface area contributed by atoms with Gasteiger partial charge in [0.2, 0.25) is 0 Å². The van der Waals surface area contributed by atoms with Crippen LogP contribution in [0.3, 0.4) is 0 Å². The molecule has 0 atom stereocenters. The smallest absolute Gasteiger partial charge is 0.153 e. The molecule has 0 amide bonds. The molecule has 0 saturated carbocycles. The number of pyridine rings is 1. The average Bonchev–Trinajstić information content (AvgIpc) is 2.97. The maximum absolute atomic E-state index is 5.97. The Morgan fingerprint density at radius 1 is 1.33 bits per heavy atom. The molecule has 0 saturated heterocycles. The standard InChI is InChI=1S/C12H9ClN4S/c13-10-5-8(7-18-10)12-9(14)6-17(16-12)11-3-1-2-4-15-11/h1-7H,14H2. The molecule has 0 aliphatic rings. The van der Waals surface area contributed by atoms with Gasteiger partial charge in [0.05, 0.1) is 16.2 Å². The second-order valence-corrected chi connectivity index (χ2v) is 5.25. The van der Waals surface area contributed by atoms with E-state index in [2.05, 4.69) is 10.1 Å². The first-order valence-electron chi connectivity index (χ1n) is 5.25. The summed E-state index contributed by atoms with van der Waals surface area (Å²) in [6.07, 6.45) is 3.47. The van der Waals surface area contributed by atoms with Crippen LogP contribution in [0.5, 0.6) is 0 Å². The van der Waals surface area contributed by atoms with E-state index in [-0.39, 0.29) is 0 Å². The summed E-state index contributed by atoms with van der Waals surface area (Å²) in [5, 5.41) is 6.38. The molecule has 3 aromatic rings. The van der Waals surface area contributed by atoms with Crippen molar-refractivity contribution >= 4 is 28.6 Å². The van der Waals surface area contributed by atoms with Gasteiger partial charge in [0.1, 0.15) is 5.69 Å². The van der Waals surface area contributed by atoms with E-state index in [0.29, 0.717) is 5.69 Å². The van der Waals surface area contributed by atoms with Gasteiger partial charge >= 0.3 is 0 Å². The Morgan fingerprint density at radius 3 is 2.89 bits per heavy atom. The van der Waals surface area contributed by atoms with Gasteiger partial charge in [-0.25, -0.2) is 9.67 Å². The zero-order valence-corrected chi connectivity index (χ0v) is 10.8.